The molecule has 100 valence electrons. The molecule has 0 bridgehead atoms. The maximum absolute atomic E-state index is 10.3. The maximum atomic E-state index is 10.3. The summed E-state index contributed by atoms with van der Waals surface area (Å²) < 4.78 is 5.71. The zero-order valence-corrected chi connectivity index (χ0v) is 11.6. The third kappa shape index (κ3) is 5.70. The van der Waals surface area contributed by atoms with Gasteiger partial charge in [-0.05, 0) is 17.2 Å². The van der Waals surface area contributed by atoms with Crippen LogP contribution in [0.1, 0.15) is 11.1 Å². The van der Waals surface area contributed by atoms with Gasteiger partial charge >= 0.3 is 18.9 Å². The number of hydrogen-bond acceptors (Lipinski definition) is 3. The summed E-state index contributed by atoms with van der Waals surface area (Å²) in [4.78, 5) is 10.00. The monoisotopic (exact) mass is 281 g/mol. The zero-order chi connectivity index (χ0) is 13.5. The number of nitro groups is 1. The van der Waals surface area contributed by atoms with Crippen molar-refractivity contribution in [3.05, 3.63) is 69.4 Å². The topological polar surface area (TPSA) is 52.4 Å². The number of hydrogen-bond donors (Lipinski definition) is 0. The first kappa shape index (κ1) is 16.6. The van der Waals surface area contributed by atoms with Crippen molar-refractivity contribution >= 4 is 28.0 Å². The molecule has 6 heteroatoms. The van der Waals surface area contributed by atoms with Crippen LogP contribution in [0.5, 0.6) is 5.36 Å². The van der Waals surface area contributed by atoms with Crippen molar-refractivity contribution in [3.8, 4) is 5.36 Å². The average Bonchev–Trinajstić information content (AvgIpc) is 2.45. The van der Waals surface area contributed by atoms with E-state index in [1.165, 1.54) is 0 Å². The molecular formula is C14H16LiNO3Si. The third-order valence-corrected chi connectivity index (χ3v) is 3.86. The molecule has 0 N–H and O–H groups in total. The third-order valence-electron chi connectivity index (χ3n) is 2.75. The Labute approximate surface area is 132 Å². The van der Waals surface area contributed by atoms with E-state index < -0.39 is 0 Å². The minimum atomic E-state index is -0.292. The molecule has 2 rings (SSSR count). The van der Waals surface area contributed by atoms with Gasteiger partial charge in [0.05, 0.1) is 14.5 Å². The SMILES string of the molecule is O=[N+]([O-])CCc1ccc(COc2cccc[siH]2)cc1.[LiH]. The van der Waals surface area contributed by atoms with E-state index in [0.717, 1.165) is 16.5 Å². The van der Waals surface area contributed by atoms with Gasteiger partial charge in [-0.1, -0.05) is 42.1 Å². The van der Waals surface area contributed by atoms with Crippen LogP contribution in [0.2, 0.25) is 0 Å². The van der Waals surface area contributed by atoms with E-state index in [2.05, 4.69) is 5.68 Å². The van der Waals surface area contributed by atoms with E-state index in [4.69, 9.17) is 4.74 Å². The second-order valence-corrected chi connectivity index (χ2v) is 5.51. The van der Waals surface area contributed by atoms with Crippen LogP contribution in [0.3, 0.4) is 0 Å². The van der Waals surface area contributed by atoms with Gasteiger partial charge in [0.1, 0.15) is 6.61 Å². The van der Waals surface area contributed by atoms with Crippen LogP contribution < -0.4 is 4.74 Å². The first-order valence-electron chi connectivity index (χ1n) is 6.11. The first-order valence-corrected chi connectivity index (χ1v) is 7.36. The molecule has 0 fully saturated rings. The molecule has 0 aliphatic carbocycles. The molecule has 0 saturated carbocycles. The van der Waals surface area contributed by atoms with Crippen molar-refractivity contribution < 1.29 is 9.66 Å². The van der Waals surface area contributed by atoms with Crippen LogP contribution in [0.15, 0.2) is 48.1 Å². The Morgan fingerprint density at radius 2 is 1.80 bits per heavy atom. The van der Waals surface area contributed by atoms with E-state index in [9.17, 15) is 10.1 Å². The van der Waals surface area contributed by atoms with Gasteiger partial charge in [-0.2, -0.15) is 0 Å². The molecule has 0 aliphatic heterocycles. The molecule has 0 unspecified atom stereocenters. The zero-order valence-electron chi connectivity index (χ0n) is 10.5. The Morgan fingerprint density at radius 1 is 1.10 bits per heavy atom. The summed E-state index contributed by atoms with van der Waals surface area (Å²) >= 11 is 0. The Kier molecular flexibility index (Phi) is 7.23. The van der Waals surface area contributed by atoms with Crippen molar-refractivity contribution in [2.24, 2.45) is 0 Å². The Balaban J connectivity index is 0.00000200. The molecular weight excluding hydrogens is 265 g/mol. The molecule has 0 spiro atoms. The predicted molar refractivity (Wildman–Crippen MR) is 82.7 cm³/mol. The normalized spacial score (nSPS) is 9.60. The summed E-state index contributed by atoms with van der Waals surface area (Å²) in [6.07, 6.45) is 0.475. The summed E-state index contributed by atoms with van der Waals surface area (Å²) in [5.74, 6) is 0. The van der Waals surface area contributed by atoms with Gasteiger partial charge in [-0.15, -0.1) is 0 Å². The van der Waals surface area contributed by atoms with E-state index in [1.807, 2.05) is 42.5 Å². The van der Waals surface area contributed by atoms with Crippen LogP contribution >= 0.6 is 0 Å². The molecule has 0 saturated heterocycles. The Hall–Kier alpha value is -1.42. The minimum absolute atomic E-state index is 0. The van der Waals surface area contributed by atoms with E-state index >= 15 is 0 Å². The molecule has 1 heterocycles. The van der Waals surface area contributed by atoms with Crippen LogP contribution in [0, 0.1) is 10.1 Å². The number of benzene rings is 1. The van der Waals surface area contributed by atoms with Gasteiger partial charge in [0, 0.05) is 11.3 Å². The van der Waals surface area contributed by atoms with Crippen molar-refractivity contribution in [1.82, 2.24) is 0 Å². The summed E-state index contributed by atoms with van der Waals surface area (Å²) in [6, 6.07) is 13.8. The van der Waals surface area contributed by atoms with Crippen molar-refractivity contribution in [1.29, 1.82) is 0 Å². The van der Waals surface area contributed by atoms with Gasteiger partial charge in [0.25, 0.3) is 0 Å². The molecule has 0 aliphatic rings. The molecule has 4 nitrogen and oxygen atoms in total. The van der Waals surface area contributed by atoms with Gasteiger partial charge < -0.3 is 4.74 Å². The summed E-state index contributed by atoms with van der Waals surface area (Å²) in [5.41, 5.74) is 4.20. The second-order valence-electron chi connectivity index (χ2n) is 4.22. The van der Waals surface area contributed by atoms with Gasteiger partial charge in [-0.3, -0.25) is 10.1 Å². The molecule has 1 aromatic carbocycles. The van der Waals surface area contributed by atoms with E-state index in [1.54, 1.807) is 0 Å². The summed E-state index contributed by atoms with van der Waals surface area (Å²) in [6.45, 7) is 0.532. The van der Waals surface area contributed by atoms with Crippen LogP contribution in [0.25, 0.3) is 0 Å². The molecule has 20 heavy (non-hydrogen) atoms. The fourth-order valence-corrected chi connectivity index (χ4v) is 2.54. The molecule has 0 amide bonds. The van der Waals surface area contributed by atoms with Crippen molar-refractivity contribution in [3.63, 3.8) is 0 Å². The fraction of sp³-hybridized carbons (Fsp3) is 0.214. The van der Waals surface area contributed by atoms with E-state index in [0.29, 0.717) is 13.0 Å². The quantitative estimate of drug-likeness (QED) is 0.458. The van der Waals surface area contributed by atoms with Crippen molar-refractivity contribution in [2.75, 3.05) is 6.54 Å². The van der Waals surface area contributed by atoms with Gasteiger partial charge in [0.15, 0.2) is 0 Å². The average molecular weight is 281 g/mol. The molecule has 0 atom stereocenters. The molecule has 1 aromatic heterocycles. The standard InChI is InChI=1S/C14H15NO3Si.Li.H/c16-15(17)9-8-12-4-6-13(7-5-12)11-18-14-3-1-2-10-19-14;;/h1-7,10,19H,8-9,11H2;;. The van der Waals surface area contributed by atoms with Crippen LogP contribution in [-0.2, 0) is 13.0 Å². The van der Waals surface area contributed by atoms with Crippen LogP contribution in [-0.4, -0.2) is 39.4 Å². The van der Waals surface area contributed by atoms with Crippen molar-refractivity contribution in [2.45, 2.75) is 13.0 Å². The summed E-state index contributed by atoms with van der Waals surface area (Å²) in [5, 5.41) is 11.3. The van der Waals surface area contributed by atoms with E-state index in [-0.39, 0.29) is 39.4 Å². The Morgan fingerprint density at radius 3 is 2.40 bits per heavy atom. The first-order chi connectivity index (χ1) is 9.24. The summed E-state index contributed by atoms with van der Waals surface area (Å²) in [7, 11) is 0.112. The fourth-order valence-electron chi connectivity index (χ4n) is 1.71. The Bertz CT molecular complexity index is 534. The second kappa shape index (κ2) is 8.70. The number of ether oxygens (including phenoxy) is 1. The van der Waals surface area contributed by atoms with Crippen LogP contribution in [0.4, 0.5) is 0 Å². The number of nitrogens with zero attached hydrogens (tertiary/aromatic N) is 1. The molecule has 0 radical (unpaired) electrons. The van der Waals surface area contributed by atoms with Gasteiger partial charge in [0.2, 0.25) is 6.54 Å². The predicted octanol–water partition coefficient (Wildman–Crippen LogP) is 1.51. The van der Waals surface area contributed by atoms with Gasteiger partial charge in [-0.25, -0.2) is 0 Å². The number of rotatable bonds is 6. The molecule has 2 aromatic rings.